The number of hydrogen-bond acceptors (Lipinski definition) is 6. The number of rotatable bonds is 8. The van der Waals surface area contributed by atoms with E-state index in [4.69, 9.17) is 16.1 Å². The number of carbonyl (C=O) groups is 1. The second-order valence-corrected chi connectivity index (χ2v) is 11.0. The topological polar surface area (TPSA) is 74.5 Å². The molecule has 0 bridgehead atoms. The summed E-state index contributed by atoms with van der Waals surface area (Å²) in [5.41, 5.74) is 3.34. The van der Waals surface area contributed by atoms with Crippen molar-refractivity contribution in [1.82, 2.24) is 25.3 Å². The molecule has 2 atom stereocenters. The van der Waals surface area contributed by atoms with E-state index >= 15 is 0 Å². The Hall–Kier alpha value is -2.74. The number of hydrogen-bond donors (Lipinski definition) is 1. The number of benzene rings is 2. The predicted molar refractivity (Wildman–Crippen MR) is 145 cm³/mol. The highest BCUT2D eigenvalue weighted by molar-refractivity contribution is 6.30. The molecule has 0 saturated carbocycles. The molecular formula is C29H36ClN5O2. The average molecular weight is 522 g/mol. The highest BCUT2D eigenvalue weighted by Crippen LogP contribution is 2.22. The highest BCUT2D eigenvalue weighted by Gasteiger charge is 2.27. The van der Waals surface area contributed by atoms with Crippen LogP contribution in [-0.2, 0) is 24.4 Å². The summed E-state index contributed by atoms with van der Waals surface area (Å²) in [5, 5.41) is 7.93. The van der Waals surface area contributed by atoms with Crippen molar-refractivity contribution in [2.45, 2.75) is 52.2 Å². The molecule has 0 spiro atoms. The lowest BCUT2D eigenvalue weighted by Gasteiger charge is -2.31. The van der Waals surface area contributed by atoms with Crippen LogP contribution in [0, 0.1) is 11.8 Å². The fourth-order valence-corrected chi connectivity index (χ4v) is 5.55. The van der Waals surface area contributed by atoms with Crippen molar-refractivity contribution in [2.75, 3.05) is 26.2 Å². The molecule has 7 nitrogen and oxygen atoms in total. The third kappa shape index (κ3) is 7.18. The van der Waals surface area contributed by atoms with Gasteiger partial charge in [0.25, 0.3) is 0 Å². The molecule has 3 heterocycles. The first kappa shape index (κ1) is 25.9. The number of likely N-dealkylation sites (tertiary alicyclic amines) is 2. The third-order valence-corrected chi connectivity index (χ3v) is 7.69. The van der Waals surface area contributed by atoms with E-state index in [2.05, 4.69) is 56.4 Å². The minimum absolute atomic E-state index is 0.0345. The summed E-state index contributed by atoms with van der Waals surface area (Å²) in [6.45, 7) is 8.44. The van der Waals surface area contributed by atoms with Gasteiger partial charge in [0.1, 0.15) is 0 Å². The van der Waals surface area contributed by atoms with Crippen molar-refractivity contribution in [1.29, 1.82) is 0 Å². The molecule has 1 N–H and O–H groups in total. The molecule has 2 aliphatic heterocycles. The van der Waals surface area contributed by atoms with E-state index in [1.54, 1.807) is 0 Å². The lowest BCUT2D eigenvalue weighted by molar-refractivity contribution is -0.127. The van der Waals surface area contributed by atoms with Gasteiger partial charge in [0.2, 0.25) is 17.6 Å². The molecule has 1 aromatic heterocycles. The van der Waals surface area contributed by atoms with Gasteiger partial charge in [-0.2, -0.15) is 4.98 Å². The van der Waals surface area contributed by atoms with Gasteiger partial charge in [-0.15, -0.1) is 0 Å². The number of aromatic nitrogens is 2. The fraction of sp³-hybridized carbons (Fsp3) is 0.483. The molecule has 2 unspecified atom stereocenters. The van der Waals surface area contributed by atoms with Crippen molar-refractivity contribution < 1.29 is 9.32 Å². The normalized spacial score (nSPS) is 21.1. The molecule has 196 valence electrons. The Labute approximate surface area is 224 Å². The van der Waals surface area contributed by atoms with E-state index in [0.717, 1.165) is 43.0 Å². The first-order valence-electron chi connectivity index (χ1n) is 13.4. The van der Waals surface area contributed by atoms with Crippen LogP contribution in [0.3, 0.4) is 0 Å². The van der Waals surface area contributed by atoms with E-state index < -0.39 is 0 Å². The Morgan fingerprint density at radius 2 is 1.68 bits per heavy atom. The molecule has 37 heavy (non-hydrogen) atoms. The number of nitrogens with zero attached hydrogens (tertiary/aromatic N) is 4. The van der Waals surface area contributed by atoms with Crippen LogP contribution in [-0.4, -0.2) is 52.0 Å². The molecule has 3 aromatic rings. The standard InChI is InChI=1S/C29H36ClN5O2/c1-21-4-2-14-34(17-21)18-23-8-6-22(7-9-23)16-31-29(36)25-5-3-15-35(19-25)20-27-32-28(33-37-27)24-10-12-26(30)13-11-24/h6-13,21,25H,2-5,14-20H2,1H3,(H,31,36). The Morgan fingerprint density at radius 3 is 2.43 bits per heavy atom. The van der Waals surface area contributed by atoms with E-state index in [9.17, 15) is 4.79 Å². The van der Waals surface area contributed by atoms with Crippen LogP contribution in [0.25, 0.3) is 11.4 Å². The van der Waals surface area contributed by atoms with Crippen LogP contribution in [0.15, 0.2) is 53.1 Å². The summed E-state index contributed by atoms with van der Waals surface area (Å²) in [7, 11) is 0. The Kier molecular flexibility index (Phi) is 8.54. The van der Waals surface area contributed by atoms with Crippen LogP contribution in [0.5, 0.6) is 0 Å². The van der Waals surface area contributed by atoms with Crippen LogP contribution in [0.1, 0.15) is 49.6 Å². The summed E-state index contributed by atoms with van der Waals surface area (Å²) in [4.78, 5) is 22.2. The molecule has 2 saturated heterocycles. The molecule has 0 radical (unpaired) electrons. The Balaban J connectivity index is 1.08. The van der Waals surface area contributed by atoms with Crippen LogP contribution in [0.4, 0.5) is 0 Å². The first-order valence-corrected chi connectivity index (χ1v) is 13.8. The van der Waals surface area contributed by atoms with Crippen molar-refractivity contribution in [2.24, 2.45) is 11.8 Å². The molecular weight excluding hydrogens is 486 g/mol. The lowest BCUT2D eigenvalue weighted by Crippen LogP contribution is -2.42. The average Bonchev–Trinajstić information content (AvgIpc) is 3.37. The number of piperidine rings is 2. The maximum Gasteiger partial charge on any atom is 0.241 e. The molecule has 2 aromatic carbocycles. The number of amides is 1. The maximum atomic E-state index is 12.9. The smallest absolute Gasteiger partial charge is 0.241 e. The largest absolute Gasteiger partial charge is 0.352 e. The summed E-state index contributed by atoms with van der Waals surface area (Å²) in [5.74, 6) is 1.98. The Morgan fingerprint density at radius 1 is 0.973 bits per heavy atom. The van der Waals surface area contributed by atoms with Crippen molar-refractivity contribution in [3.8, 4) is 11.4 Å². The highest BCUT2D eigenvalue weighted by atomic mass is 35.5. The zero-order valence-electron chi connectivity index (χ0n) is 21.5. The van der Waals surface area contributed by atoms with Gasteiger partial charge >= 0.3 is 0 Å². The Bertz CT molecular complexity index is 1160. The van der Waals surface area contributed by atoms with Crippen LogP contribution >= 0.6 is 11.6 Å². The minimum Gasteiger partial charge on any atom is -0.352 e. The van der Waals surface area contributed by atoms with E-state index in [0.29, 0.717) is 36.4 Å². The van der Waals surface area contributed by atoms with Gasteiger partial charge in [0, 0.05) is 36.8 Å². The third-order valence-electron chi connectivity index (χ3n) is 7.44. The zero-order valence-corrected chi connectivity index (χ0v) is 22.3. The van der Waals surface area contributed by atoms with E-state index in [-0.39, 0.29) is 11.8 Å². The first-order chi connectivity index (χ1) is 18.0. The molecule has 2 aliphatic rings. The molecule has 8 heteroatoms. The molecule has 5 rings (SSSR count). The minimum atomic E-state index is -0.0345. The van der Waals surface area contributed by atoms with Gasteiger partial charge < -0.3 is 9.84 Å². The van der Waals surface area contributed by atoms with Gasteiger partial charge in [0.05, 0.1) is 12.5 Å². The number of carbonyl (C=O) groups excluding carboxylic acids is 1. The molecule has 2 fully saturated rings. The second kappa shape index (κ2) is 12.2. The summed E-state index contributed by atoms with van der Waals surface area (Å²) < 4.78 is 5.48. The van der Waals surface area contributed by atoms with Crippen molar-refractivity contribution in [3.63, 3.8) is 0 Å². The van der Waals surface area contributed by atoms with Crippen molar-refractivity contribution in [3.05, 3.63) is 70.6 Å². The van der Waals surface area contributed by atoms with E-state index in [1.807, 2.05) is 24.3 Å². The van der Waals surface area contributed by atoms with Gasteiger partial charge in [-0.05, 0) is 80.1 Å². The van der Waals surface area contributed by atoms with E-state index in [1.165, 1.54) is 31.5 Å². The van der Waals surface area contributed by atoms with Crippen LogP contribution < -0.4 is 5.32 Å². The van der Waals surface area contributed by atoms with Gasteiger partial charge in [-0.25, -0.2) is 0 Å². The number of halogens is 1. The van der Waals surface area contributed by atoms with Crippen LogP contribution in [0.2, 0.25) is 5.02 Å². The fourth-order valence-electron chi connectivity index (χ4n) is 5.42. The predicted octanol–water partition coefficient (Wildman–Crippen LogP) is 5.15. The SMILES string of the molecule is CC1CCCN(Cc2ccc(CNC(=O)C3CCCN(Cc4nc(-c5ccc(Cl)cc5)no4)C3)cc2)C1. The van der Waals surface area contributed by atoms with Gasteiger partial charge in [-0.1, -0.05) is 47.9 Å². The summed E-state index contributed by atoms with van der Waals surface area (Å²) in [6, 6.07) is 16.1. The maximum absolute atomic E-state index is 12.9. The monoisotopic (exact) mass is 521 g/mol. The molecule has 1 amide bonds. The van der Waals surface area contributed by atoms with Gasteiger partial charge in [-0.3, -0.25) is 14.6 Å². The van der Waals surface area contributed by atoms with Crippen molar-refractivity contribution >= 4 is 17.5 Å². The summed E-state index contributed by atoms with van der Waals surface area (Å²) >= 11 is 5.97. The zero-order chi connectivity index (χ0) is 25.6. The number of nitrogens with one attached hydrogen (secondary N) is 1. The van der Waals surface area contributed by atoms with Gasteiger partial charge in [0.15, 0.2) is 0 Å². The molecule has 0 aliphatic carbocycles. The summed E-state index contributed by atoms with van der Waals surface area (Å²) in [6.07, 6.45) is 4.51. The second-order valence-electron chi connectivity index (χ2n) is 10.6. The quantitative estimate of drug-likeness (QED) is 0.442. The lowest BCUT2D eigenvalue weighted by atomic mass is 9.97.